The van der Waals surface area contributed by atoms with Crippen LogP contribution >= 0.6 is 0 Å². The second-order valence-electron chi connectivity index (χ2n) is 2.24. The van der Waals surface area contributed by atoms with Gasteiger partial charge in [0.1, 0.15) is 0 Å². The van der Waals surface area contributed by atoms with Crippen LogP contribution in [0, 0.1) is 12.9 Å². The van der Waals surface area contributed by atoms with Crippen molar-refractivity contribution in [2.24, 2.45) is 0 Å². The van der Waals surface area contributed by atoms with E-state index in [1.54, 1.807) is 6.92 Å². The summed E-state index contributed by atoms with van der Waals surface area (Å²) in [5.74, 6) is -0.619. The monoisotopic (exact) mass is 157 g/mol. The summed E-state index contributed by atoms with van der Waals surface area (Å²) in [5, 5.41) is 17.4. The number of hydrogen-bond acceptors (Lipinski definition) is 3. The van der Waals surface area contributed by atoms with Gasteiger partial charge in [0.15, 0.2) is 6.29 Å². The number of aliphatic hydroxyl groups is 2. The minimum Gasteiger partial charge on any atom is -0.364 e. The highest BCUT2D eigenvalue weighted by Crippen LogP contribution is 2.13. The molecular weight excluding hydrogens is 149 g/mol. The molecule has 4 heteroatoms. The van der Waals surface area contributed by atoms with Crippen LogP contribution < -0.4 is 0 Å². The highest BCUT2D eigenvalue weighted by Gasteiger charge is 2.06. The van der Waals surface area contributed by atoms with E-state index in [1.807, 2.05) is 0 Å². The molecule has 0 spiro atoms. The Kier molecular flexibility index (Phi) is 2.16. The van der Waals surface area contributed by atoms with Crippen LogP contribution in [0.3, 0.4) is 0 Å². The van der Waals surface area contributed by atoms with Crippen LogP contribution in [0.25, 0.3) is 0 Å². The maximum Gasteiger partial charge on any atom is 0.213 e. The van der Waals surface area contributed by atoms with E-state index in [0.717, 1.165) is 12.3 Å². The first-order chi connectivity index (χ1) is 5.11. The Bertz CT molecular complexity index is 263. The van der Waals surface area contributed by atoms with E-state index in [2.05, 4.69) is 4.98 Å². The molecule has 0 unspecified atom stereocenters. The highest BCUT2D eigenvalue weighted by molar-refractivity contribution is 5.22. The zero-order chi connectivity index (χ0) is 8.43. The van der Waals surface area contributed by atoms with Gasteiger partial charge < -0.3 is 10.2 Å². The molecule has 0 aliphatic carbocycles. The Morgan fingerprint density at radius 2 is 2.18 bits per heavy atom. The van der Waals surface area contributed by atoms with E-state index in [0.29, 0.717) is 5.56 Å². The summed E-state index contributed by atoms with van der Waals surface area (Å²) in [5.41, 5.74) is 0.707. The Morgan fingerprint density at radius 3 is 2.64 bits per heavy atom. The van der Waals surface area contributed by atoms with Gasteiger partial charge in [-0.15, -0.1) is 0 Å². The molecule has 0 bridgehead atoms. The molecule has 1 aromatic heterocycles. The van der Waals surface area contributed by atoms with Gasteiger partial charge in [0.2, 0.25) is 5.95 Å². The number of hydrogen-bond donors (Lipinski definition) is 2. The van der Waals surface area contributed by atoms with Gasteiger partial charge >= 0.3 is 0 Å². The van der Waals surface area contributed by atoms with E-state index < -0.39 is 12.2 Å². The molecule has 0 aromatic carbocycles. The number of aliphatic hydroxyl groups excluding tert-OH is 1. The first-order valence-electron chi connectivity index (χ1n) is 3.09. The number of halogens is 1. The van der Waals surface area contributed by atoms with Gasteiger partial charge in [-0.25, -0.2) is 4.98 Å². The molecule has 0 aliphatic rings. The number of aryl methyl sites for hydroxylation is 1. The summed E-state index contributed by atoms with van der Waals surface area (Å²) in [6.45, 7) is 1.58. The molecule has 1 aromatic rings. The summed E-state index contributed by atoms with van der Waals surface area (Å²) >= 11 is 0. The van der Waals surface area contributed by atoms with Gasteiger partial charge in [-0.1, -0.05) is 0 Å². The van der Waals surface area contributed by atoms with E-state index in [1.165, 1.54) is 0 Å². The summed E-state index contributed by atoms with van der Waals surface area (Å²) in [4.78, 5) is 3.27. The standard InChI is InChI=1S/C7H8FNO2/c1-4-2-6(8)9-3-5(4)7(10)11/h2-3,7,10-11H,1H3. The van der Waals surface area contributed by atoms with E-state index in [4.69, 9.17) is 10.2 Å². The van der Waals surface area contributed by atoms with Gasteiger partial charge in [-0.2, -0.15) is 4.39 Å². The molecule has 0 saturated heterocycles. The van der Waals surface area contributed by atoms with Crippen molar-refractivity contribution in [1.29, 1.82) is 0 Å². The second-order valence-corrected chi connectivity index (χ2v) is 2.24. The van der Waals surface area contributed by atoms with Crippen molar-refractivity contribution >= 4 is 0 Å². The molecule has 0 radical (unpaired) electrons. The Hall–Kier alpha value is -1.00. The van der Waals surface area contributed by atoms with Crippen LogP contribution in [0.4, 0.5) is 4.39 Å². The fraction of sp³-hybridized carbons (Fsp3) is 0.286. The topological polar surface area (TPSA) is 53.4 Å². The van der Waals surface area contributed by atoms with Crippen LogP contribution in [-0.4, -0.2) is 15.2 Å². The quantitative estimate of drug-likeness (QED) is 0.461. The maximum atomic E-state index is 12.3. The average Bonchev–Trinajstić information content (AvgIpc) is 1.85. The van der Waals surface area contributed by atoms with Crippen LogP contribution in [0.1, 0.15) is 17.4 Å². The molecule has 0 fully saturated rings. The number of pyridine rings is 1. The summed E-state index contributed by atoms with van der Waals surface area (Å²) in [6.07, 6.45) is -0.474. The lowest BCUT2D eigenvalue weighted by molar-refractivity contribution is -0.0432. The van der Waals surface area contributed by atoms with Gasteiger partial charge in [0, 0.05) is 11.8 Å². The summed E-state index contributed by atoms with van der Waals surface area (Å²) < 4.78 is 12.3. The van der Waals surface area contributed by atoms with E-state index in [-0.39, 0.29) is 5.56 Å². The normalized spacial score (nSPS) is 10.6. The minimum absolute atomic E-state index is 0.228. The lowest BCUT2D eigenvalue weighted by Crippen LogP contribution is -1.99. The van der Waals surface area contributed by atoms with Crippen LogP contribution in [0.15, 0.2) is 12.3 Å². The van der Waals surface area contributed by atoms with Crippen LogP contribution in [-0.2, 0) is 0 Å². The molecular formula is C7H8FNO2. The first kappa shape index (κ1) is 8.10. The zero-order valence-electron chi connectivity index (χ0n) is 5.95. The third-order valence-corrected chi connectivity index (χ3v) is 1.40. The number of aromatic nitrogens is 1. The molecule has 1 heterocycles. The predicted octanol–water partition coefficient (Wildman–Crippen LogP) is 0.512. The van der Waals surface area contributed by atoms with Crippen molar-refractivity contribution in [2.75, 3.05) is 0 Å². The van der Waals surface area contributed by atoms with E-state index >= 15 is 0 Å². The van der Waals surface area contributed by atoms with Gasteiger partial charge in [-0.3, -0.25) is 0 Å². The third kappa shape index (κ3) is 1.72. The highest BCUT2D eigenvalue weighted by atomic mass is 19.1. The van der Waals surface area contributed by atoms with Gasteiger partial charge in [0.05, 0.1) is 0 Å². The fourth-order valence-electron chi connectivity index (χ4n) is 0.803. The molecule has 2 N–H and O–H groups in total. The number of rotatable bonds is 1. The Balaban J connectivity index is 3.09. The van der Waals surface area contributed by atoms with Crippen LogP contribution in [0.5, 0.6) is 0 Å². The zero-order valence-corrected chi connectivity index (χ0v) is 5.95. The smallest absolute Gasteiger partial charge is 0.213 e. The summed E-state index contributed by atoms with van der Waals surface area (Å²) in [7, 11) is 0. The molecule has 0 aliphatic heterocycles. The van der Waals surface area contributed by atoms with E-state index in [9.17, 15) is 4.39 Å². The fourth-order valence-corrected chi connectivity index (χ4v) is 0.803. The summed E-state index contributed by atoms with van der Waals surface area (Å²) in [6, 6.07) is 1.15. The molecule has 0 amide bonds. The minimum atomic E-state index is -1.58. The maximum absolute atomic E-state index is 12.3. The third-order valence-electron chi connectivity index (χ3n) is 1.40. The number of nitrogens with zero attached hydrogens (tertiary/aromatic N) is 1. The van der Waals surface area contributed by atoms with Crippen molar-refractivity contribution in [1.82, 2.24) is 4.98 Å². The molecule has 11 heavy (non-hydrogen) atoms. The predicted molar refractivity (Wildman–Crippen MR) is 36.1 cm³/mol. The van der Waals surface area contributed by atoms with Crippen molar-refractivity contribution in [2.45, 2.75) is 13.2 Å². The lowest BCUT2D eigenvalue weighted by atomic mass is 10.1. The molecule has 3 nitrogen and oxygen atoms in total. The SMILES string of the molecule is Cc1cc(F)ncc1C(O)O. The molecule has 1 rings (SSSR count). The van der Waals surface area contributed by atoms with Crippen LogP contribution in [0.2, 0.25) is 0 Å². The molecule has 0 saturated carbocycles. The lowest BCUT2D eigenvalue weighted by Gasteiger charge is -2.05. The Labute approximate surface area is 63.1 Å². The Morgan fingerprint density at radius 1 is 1.55 bits per heavy atom. The largest absolute Gasteiger partial charge is 0.364 e. The molecule has 0 atom stereocenters. The molecule has 60 valence electrons. The first-order valence-corrected chi connectivity index (χ1v) is 3.09. The van der Waals surface area contributed by atoms with Crippen molar-refractivity contribution in [3.63, 3.8) is 0 Å². The second kappa shape index (κ2) is 2.94. The average molecular weight is 157 g/mol. The van der Waals surface area contributed by atoms with Crippen molar-refractivity contribution in [3.05, 3.63) is 29.3 Å². The van der Waals surface area contributed by atoms with Gasteiger partial charge in [0.25, 0.3) is 0 Å². The van der Waals surface area contributed by atoms with Gasteiger partial charge in [-0.05, 0) is 18.6 Å². The van der Waals surface area contributed by atoms with Crippen molar-refractivity contribution < 1.29 is 14.6 Å². The van der Waals surface area contributed by atoms with Crippen molar-refractivity contribution in [3.8, 4) is 0 Å².